The Hall–Kier alpha value is -2.08. The summed E-state index contributed by atoms with van der Waals surface area (Å²) in [6, 6.07) is 8.33. The van der Waals surface area contributed by atoms with Crippen molar-refractivity contribution in [3.63, 3.8) is 0 Å². The number of aryl methyl sites for hydroxylation is 2. The van der Waals surface area contributed by atoms with Crippen LogP contribution in [0.2, 0.25) is 0 Å². The van der Waals surface area contributed by atoms with Crippen LogP contribution < -0.4 is 20.9 Å². The monoisotopic (exact) mass is 234 g/mol. The molecule has 0 aliphatic rings. The first-order valence-electron chi connectivity index (χ1n) is 5.99. The normalized spacial score (nSPS) is 10.6. The van der Waals surface area contributed by atoms with Crippen molar-refractivity contribution in [3.8, 4) is 11.1 Å². The fourth-order valence-electron chi connectivity index (χ4n) is 2.12. The summed E-state index contributed by atoms with van der Waals surface area (Å²) in [7, 11) is 0. The number of benzene rings is 2. The zero-order valence-corrected chi connectivity index (χ0v) is 11.1. The summed E-state index contributed by atoms with van der Waals surface area (Å²) in [5.74, 6) is 0. The molecule has 0 aromatic heterocycles. The van der Waals surface area contributed by atoms with E-state index in [1.54, 1.807) is 0 Å². The van der Waals surface area contributed by atoms with Gasteiger partial charge < -0.3 is 0 Å². The van der Waals surface area contributed by atoms with E-state index in [2.05, 4.69) is 50.6 Å². The average molecular weight is 234 g/mol. The molecule has 0 unspecified atom stereocenters. The van der Waals surface area contributed by atoms with Gasteiger partial charge in [-0.05, 0) is 57.0 Å². The zero-order valence-electron chi connectivity index (χ0n) is 11.1. The van der Waals surface area contributed by atoms with Gasteiger partial charge in [-0.25, -0.2) is 0 Å². The summed E-state index contributed by atoms with van der Waals surface area (Å²) in [4.78, 5) is 0. The number of hydrogen-bond acceptors (Lipinski definition) is 0. The van der Waals surface area contributed by atoms with E-state index in [4.69, 9.17) is 0 Å². The van der Waals surface area contributed by atoms with Gasteiger partial charge in [0, 0.05) is 0 Å². The van der Waals surface area contributed by atoms with Crippen LogP contribution in [0, 0.1) is 13.8 Å². The second-order valence-electron chi connectivity index (χ2n) is 4.77. The standard InChI is InChI=1S/C18H18/c1-11-7-9-17(15(5)13(11)3)18-10-8-12(2)14(4)16(18)6/h7-10H,3-6H2,1-2H3. The van der Waals surface area contributed by atoms with Crippen LogP contribution in [0.5, 0.6) is 0 Å². The second-order valence-corrected chi connectivity index (χ2v) is 4.77. The molecule has 0 N–H and O–H groups in total. The van der Waals surface area contributed by atoms with Crippen LogP contribution in [0.4, 0.5) is 0 Å². The molecule has 0 aliphatic heterocycles. The number of hydrogen-bond donors (Lipinski definition) is 0. The highest BCUT2D eigenvalue weighted by Gasteiger charge is 2.03. The van der Waals surface area contributed by atoms with Crippen molar-refractivity contribution >= 4 is 26.3 Å². The molecule has 2 aromatic carbocycles. The molecule has 0 aliphatic carbocycles. The molecule has 2 aromatic rings. The fourth-order valence-corrected chi connectivity index (χ4v) is 2.12. The fraction of sp³-hybridized carbons (Fsp3) is 0.111. The minimum Gasteiger partial charge on any atom is -0.0909 e. The molecular formula is C18H18. The maximum Gasteiger partial charge on any atom is -0.0105 e. The van der Waals surface area contributed by atoms with Gasteiger partial charge in [0.25, 0.3) is 0 Å². The summed E-state index contributed by atoms with van der Waals surface area (Å²) in [5, 5.41) is 3.95. The van der Waals surface area contributed by atoms with Crippen LogP contribution in [0.25, 0.3) is 37.4 Å². The average Bonchev–Trinajstić information content (AvgIpc) is 2.35. The molecule has 0 radical (unpaired) electrons. The summed E-state index contributed by atoms with van der Waals surface area (Å²) in [6.45, 7) is 20.5. The lowest BCUT2D eigenvalue weighted by Gasteiger charge is -2.07. The van der Waals surface area contributed by atoms with Gasteiger partial charge in [0.2, 0.25) is 0 Å². The molecule has 0 spiro atoms. The Balaban J connectivity index is 2.88. The van der Waals surface area contributed by atoms with Gasteiger partial charge in [-0.2, -0.15) is 0 Å². The van der Waals surface area contributed by atoms with E-state index in [0.29, 0.717) is 0 Å². The first-order valence-corrected chi connectivity index (χ1v) is 5.99. The largest absolute Gasteiger partial charge is 0.0909 e. The Kier molecular flexibility index (Phi) is 2.96. The maximum absolute atomic E-state index is 4.14. The van der Waals surface area contributed by atoms with E-state index in [1.165, 1.54) is 0 Å². The van der Waals surface area contributed by atoms with Crippen molar-refractivity contribution < 1.29 is 0 Å². The highest BCUT2D eigenvalue weighted by molar-refractivity contribution is 5.66. The Bertz CT molecular complexity index is 739. The first kappa shape index (κ1) is 12.4. The van der Waals surface area contributed by atoms with E-state index >= 15 is 0 Å². The van der Waals surface area contributed by atoms with Crippen LogP contribution >= 0.6 is 0 Å². The van der Waals surface area contributed by atoms with Gasteiger partial charge in [-0.1, -0.05) is 50.6 Å². The molecule has 18 heavy (non-hydrogen) atoms. The quantitative estimate of drug-likeness (QED) is 0.703. The van der Waals surface area contributed by atoms with Gasteiger partial charge in [0.15, 0.2) is 0 Å². The van der Waals surface area contributed by atoms with Gasteiger partial charge >= 0.3 is 0 Å². The molecule has 0 amide bonds. The van der Waals surface area contributed by atoms with E-state index in [1.807, 2.05) is 13.8 Å². The highest BCUT2D eigenvalue weighted by Crippen LogP contribution is 2.09. The summed E-state index contributed by atoms with van der Waals surface area (Å²) in [5.41, 5.74) is 4.52. The topological polar surface area (TPSA) is 0 Å². The minimum absolute atomic E-state index is 0.975. The van der Waals surface area contributed by atoms with Crippen molar-refractivity contribution in [3.05, 3.63) is 56.3 Å². The molecule has 0 atom stereocenters. The summed E-state index contributed by atoms with van der Waals surface area (Å²) < 4.78 is 0. The van der Waals surface area contributed by atoms with E-state index in [-0.39, 0.29) is 0 Å². The van der Waals surface area contributed by atoms with E-state index < -0.39 is 0 Å². The summed E-state index contributed by atoms with van der Waals surface area (Å²) >= 11 is 0. The lowest BCUT2D eigenvalue weighted by Crippen LogP contribution is -2.31. The first-order chi connectivity index (χ1) is 8.43. The third-order valence-electron chi connectivity index (χ3n) is 3.62. The molecule has 0 nitrogen and oxygen atoms in total. The Morgan fingerprint density at radius 1 is 0.556 bits per heavy atom. The summed E-state index contributed by atoms with van der Waals surface area (Å²) in [6.07, 6.45) is 0. The molecular weight excluding hydrogens is 216 g/mol. The predicted octanol–water partition coefficient (Wildman–Crippen LogP) is 1.61. The Morgan fingerprint density at radius 2 is 0.889 bits per heavy atom. The van der Waals surface area contributed by atoms with Crippen LogP contribution in [0.1, 0.15) is 11.1 Å². The Morgan fingerprint density at radius 3 is 1.22 bits per heavy atom. The van der Waals surface area contributed by atoms with Crippen molar-refractivity contribution in [1.82, 2.24) is 0 Å². The molecule has 90 valence electrons. The smallest absolute Gasteiger partial charge is 0.0105 e. The lowest BCUT2D eigenvalue weighted by molar-refractivity contribution is 1.35. The molecule has 0 heteroatoms. The zero-order chi connectivity index (χ0) is 13.4. The molecule has 0 saturated carbocycles. The van der Waals surface area contributed by atoms with Crippen LogP contribution in [0.3, 0.4) is 0 Å². The number of rotatable bonds is 1. The van der Waals surface area contributed by atoms with Gasteiger partial charge in [-0.15, -0.1) is 0 Å². The van der Waals surface area contributed by atoms with Crippen molar-refractivity contribution in [2.75, 3.05) is 0 Å². The molecule has 0 fully saturated rings. The van der Waals surface area contributed by atoms with Crippen molar-refractivity contribution in [1.29, 1.82) is 0 Å². The van der Waals surface area contributed by atoms with Gasteiger partial charge in [0.05, 0.1) is 0 Å². The maximum atomic E-state index is 4.14. The SMILES string of the molecule is C=c1c(C)ccc(-c2ccc(C)c(=C)c2=C)c1=C. The van der Waals surface area contributed by atoms with Crippen molar-refractivity contribution in [2.45, 2.75) is 13.8 Å². The molecule has 0 bridgehead atoms. The lowest BCUT2D eigenvalue weighted by atomic mass is 9.97. The molecule has 0 saturated heterocycles. The van der Waals surface area contributed by atoms with Crippen LogP contribution in [-0.2, 0) is 0 Å². The third-order valence-corrected chi connectivity index (χ3v) is 3.62. The predicted molar refractivity (Wildman–Crippen MR) is 81.9 cm³/mol. The Labute approximate surface area is 108 Å². The van der Waals surface area contributed by atoms with Crippen molar-refractivity contribution in [2.24, 2.45) is 0 Å². The van der Waals surface area contributed by atoms with Gasteiger partial charge in [-0.3, -0.25) is 0 Å². The molecule has 0 heterocycles. The van der Waals surface area contributed by atoms with Crippen LogP contribution in [-0.4, -0.2) is 0 Å². The highest BCUT2D eigenvalue weighted by atomic mass is 14.1. The second kappa shape index (κ2) is 4.30. The van der Waals surface area contributed by atoms with Crippen LogP contribution in [0.15, 0.2) is 24.3 Å². The molecule has 2 rings (SSSR count). The van der Waals surface area contributed by atoms with E-state index in [0.717, 1.165) is 43.1 Å². The van der Waals surface area contributed by atoms with Gasteiger partial charge in [0.1, 0.15) is 0 Å². The third kappa shape index (κ3) is 1.80. The minimum atomic E-state index is 0.975. The van der Waals surface area contributed by atoms with E-state index in [9.17, 15) is 0 Å².